The Labute approximate surface area is 131 Å². The quantitative estimate of drug-likeness (QED) is 0.855. The van der Waals surface area contributed by atoms with E-state index in [0.717, 1.165) is 36.2 Å². The lowest BCUT2D eigenvalue weighted by Gasteiger charge is -2.24. The van der Waals surface area contributed by atoms with Gasteiger partial charge in [-0.25, -0.2) is 8.42 Å². The number of nitrogens with zero attached hydrogens (tertiary/aromatic N) is 2. The van der Waals surface area contributed by atoms with E-state index in [1.807, 2.05) is 0 Å². The van der Waals surface area contributed by atoms with E-state index in [2.05, 4.69) is 10.5 Å². The van der Waals surface area contributed by atoms with Gasteiger partial charge in [0.15, 0.2) is 5.82 Å². The second kappa shape index (κ2) is 7.13. The number of sulfonamides is 1. The predicted molar refractivity (Wildman–Crippen MR) is 83.1 cm³/mol. The van der Waals surface area contributed by atoms with Gasteiger partial charge in [0, 0.05) is 25.1 Å². The van der Waals surface area contributed by atoms with Crippen LogP contribution in [-0.4, -0.2) is 38.3 Å². The van der Waals surface area contributed by atoms with E-state index < -0.39 is 10.0 Å². The fraction of sp³-hybridized carbons (Fsp3) is 0.714. The maximum atomic E-state index is 12.0. The smallest absolute Gasteiger partial charge is 0.233 e. The van der Waals surface area contributed by atoms with Crippen LogP contribution in [0.3, 0.4) is 0 Å². The molecule has 1 aromatic heterocycles. The van der Waals surface area contributed by atoms with Crippen molar-refractivity contribution in [2.75, 3.05) is 17.1 Å². The third-order valence-corrected chi connectivity index (χ3v) is 4.95. The maximum Gasteiger partial charge on any atom is 0.233 e. The minimum atomic E-state index is -3.50. The van der Waals surface area contributed by atoms with Crippen LogP contribution in [0.5, 0.6) is 0 Å². The summed E-state index contributed by atoms with van der Waals surface area (Å²) in [4.78, 5) is 12.0. The number of aromatic nitrogens is 1. The monoisotopic (exact) mass is 329 g/mol. The van der Waals surface area contributed by atoms with Gasteiger partial charge in [0.1, 0.15) is 5.76 Å². The lowest BCUT2D eigenvalue weighted by molar-refractivity contribution is -0.121. The molecule has 8 heteroatoms. The zero-order chi connectivity index (χ0) is 16.2. The van der Waals surface area contributed by atoms with Crippen molar-refractivity contribution >= 4 is 21.7 Å². The molecule has 0 saturated heterocycles. The topological polar surface area (TPSA) is 92.5 Å². The molecule has 0 aliphatic heterocycles. The van der Waals surface area contributed by atoms with Gasteiger partial charge in [-0.05, 0) is 19.8 Å². The molecule has 1 fully saturated rings. The second-order valence-electron chi connectivity index (χ2n) is 5.78. The predicted octanol–water partition coefficient (Wildman–Crippen LogP) is 1.59. The molecular formula is C14H23N3O4S. The van der Waals surface area contributed by atoms with Crippen molar-refractivity contribution in [2.45, 2.75) is 51.5 Å². The van der Waals surface area contributed by atoms with Crippen molar-refractivity contribution in [1.29, 1.82) is 0 Å². The standard InChI is InChI=1S/C14H23N3O4S/c1-11-10-13(16-21-11)17(22(2,19)20)9-8-14(18)15-12-6-4-3-5-7-12/h10,12H,3-9H2,1-2H3,(H,15,18). The molecule has 0 bridgehead atoms. The number of amides is 1. The summed E-state index contributed by atoms with van der Waals surface area (Å²) in [6.45, 7) is 1.75. The van der Waals surface area contributed by atoms with Gasteiger partial charge in [-0.15, -0.1) is 0 Å². The first-order valence-electron chi connectivity index (χ1n) is 7.56. The molecule has 1 aliphatic carbocycles. The third kappa shape index (κ3) is 4.72. The van der Waals surface area contributed by atoms with E-state index in [1.54, 1.807) is 13.0 Å². The fourth-order valence-electron chi connectivity index (χ4n) is 2.67. The second-order valence-corrected chi connectivity index (χ2v) is 7.69. The Kier molecular flexibility index (Phi) is 5.44. The zero-order valence-corrected chi connectivity index (χ0v) is 13.9. The Morgan fingerprint density at radius 2 is 2.09 bits per heavy atom. The molecule has 124 valence electrons. The minimum absolute atomic E-state index is 0.0589. The summed E-state index contributed by atoms with van der Waals surface area (Å²) in [5, 5.41) is 6.69. The van der Waals surface area contributed by atoms with Gasteiger partial charge in [-0.2, -0.15) is 0 Å². The average Bonchev–Trinajstić information content (AvgIpc) is 2.85. The number of aryl methyl sites for hydroxylation is 1. The maximum absolute atomic E-state index is 12.0. The minimum Gasteiger partial charge on any atom is -0.360 e. The highest BCUT2D eigenvalue weighted by molar-refractivity contribution is 7.92. The van der Waals surface area contributed by atoms with Crippen molar-refractivity contribution in [3.63, 3.8) is 0 Å². The number of carbonyl (C=O) groups excluding carboxylic acids is 1. The Morgan fingerprint density at radius 1 is 1.41 bits per heavy atom. The Hall–Kier alpha value is -1.57. The molecule has 1 aromatic rings. The molecule has 0 unspecified atom stereocenters. The summed E-state index contributed by atoms with van der Waals surface area (Å²) in [6.07, 6.45) is 6.70. The van der Waals surface area contributed by atoms with Gasteiger partial charge in [-0.1, -0.05) is 24.4 Å². The van der Waals surface area contributed by atoms with Gasteiger partial charge in [0.25, 0.3) is 0 Å². The first-order chi connectivity index (χ1) is 10.4. The summed E-state index contributed by atoms with van der Waals surface area (Å²) >= 11 is 0. The Balaban J connectivity index is 1.92. The molecule has 1 amide bonds. The highest BCUT2D eigenvalue weighted by atomic mass is 32.2. The number of nitrogens with one attached hydrogen (secondary N) is 1. The average molecular weight is 329 g/mol. The van der Waals surface area contributed by atoms with Gasteiger partial charge in [0.05, 0.1) is 6.26 Å². The SMILES string of the molecule is Cc1cc(N(CCC(=O)NC2CCCCC2)S(C)(=O)=O)no1. The lowest BCUT2D eigenvalue weighted by Crippen LogP contribution is -2.39. The summed E-state index contributed by atoms with van der Waals surface area (Å²) in [7, 11) is -3.50. The summed E-state index contributed by atoms with van der Waals surface area (Å²) in [5.41, 5.74) is 0. The van der Waals surface area contributed by atoms with Gasteiger partial charge >= 0.3 is 0 Å². The van der Waals surface area contributed by atoms with Crippen molar-refractivity contribution in [2.24, 2.45) is 0 Å². The molecule has 7 nitrogen and oxygen atoms in total. The van der Waals surface area contributed by atoms with E-state index in [0.29, 0.717) is 5.76 Å². The molecule has 0 radical (unpaired) electrons. The first kappa shape index (κ1) is 16.8. The van der Waals surface area contributed by atoms with Crippen LogP contribution in [0.25, 0.3) is 0 Å². The molecule has 1 saturated carbocycles. The van der Waals surface area contributed by atoms with Crippen molar-refractivity contribution in [3.8, 4) is 0 Å². The fourth-order valence-corrected chi connectivity index (χ4v) is 3.52. The van der Waals surface area contributed by atoms with Crippen molar-refractivity contribution in [1.82, 2.24) is 10.5 Å². The molecule has 2 rings (SSSR count). The van der Waals surface area contributed by atoms with Crippen molar-refractivity contribution in [3.05, 3.63) is 11.8 Å². The van der Waals surface area contributed by atoms with Crippen LogP contribution in [0.15, 0.2) is 10.6 Å². The van der Waals surface area contributed by atoms with E-state index >= 15 is 0 Å². The van der Waals surface area contributed by atoms with Crippen LogP contribution in [0.1, 0.15) is 44.3 Å². The number of hydrogen-bond acceptors (Lipinski definition) is 5. The van der Waals surface area contributed by atoms with Crippen LogP contribution in [-0.2, 0) is 14.8 Å². The van der Waals surface area contributed by atoms with Crippen LogP contribution < -0.4 is 9.62 Å². The molecule has 0 aromatic carbocycles. The Bertz CT molecular complexity index is 605. The summed E-state index contributed by atoms with van der Waals surface area (Å²) < 4.78 is 29.7. The number of rotatable bonds is 6. The Morgan fingerprint density at radius 3 is 2.64 bits per heavy atom. The number of anilines is 1. The third-order valence-electron chi connectivity index (χ3n) is 3.78. The van der Waals surface area contributed by atoms with Gasteiger partial charge < -0.3 is 9.84 Å². The lowest BCUT2D eigenvalue weighted by atomic mass is 9.95. The molecule has 1 heterocycles. The molecule has 0 spiro atoms. The summed E-state index contributed by atoms with van der Waals surface area (Å²) in [5.74, 6) is 0.613. The number of hydrogen-bond donors (Lipinski definition) is 1. The van der Waals surface area contributed by atoms with E-state index in [4.69, 9.17) is 4.52 Å². The number of carbonyl (C=O) groups is 1. The molecule has 1 N–H and O–H groups in total. The molecule has 22 heavy (non-hydrogen) atoms. The van der Waals surface area contributed by atoms with Crippen molar-refractivity contribution < 1.29 is 17.7 Å². The largest absolute Gasteiger partial charge is 0.360 e. The van der Waals surface area contributed by atoms with Gasteiger partial charge in [0.2, 0.25) is 15.9 Å². The van der Waals surface area contributed by atoms with Crippen LogP contribution >= 0.6 is 0 Å². The molecule has 1 aliphatic rings. The highest BCUT2D eigenvalue weighted by Gasteiger charge is 2.22. The van der Waals surface area contributed by atoms with Crippen LogP contribution in [0, 0.1) is 6.92 Å². The van der Waals surface area contributed by atoms with Gasteiger partial charge in [-0.3, -0.25) is 9.10 Å². The molecular weight excluding hydrogens is 306 g/mol. The van der Waals surface area contributed by atoms with E-state index in [-0.39, 0.29) is 30.7 Å². The molecule has 0 atom stereocenters. The van der Waals surface area contributed by atoms with E-state index in [9.17, 15) is 13.2 Å². The first-order valence-corrected chi connectivity index (χ1v) is 9.41. The highest BCUT2D eigenvalue weighted by Crippen LogP contribution is 2.19. The van der Waals surface area contributed by atoms with E-state index in [1.165, 1.54) is 6.42 Å². The van der Waals surface area contributed by atoms with Crippen LogP contribution in [0.4, 0.5) is 5.82 Å². The normalized spacial score (nSPS) is 16.5. The zero-order valence-electron chi connectivity index (χ0n) is 13.0. The summed E-state index contributed by atoms with van der Waals surface area (Å²) in [6, 6.07) is 1.77. The van der Waals surface area contributed by atoms with Crippen LogP contribution in [0.2, 0.25) is 0 Å².